The lowest BCUT2D eigenvalue weighted by Gasteiger charge is -2.26. The summed E-state index contributed by atoms with van der Waals surface area (Å²) in [5.41, 5.74) is 5.87. The molecule has 1 aliphatic heterocycles. The fourth-order valence-electron chi connectivity index (χ4n) is 2.93. The Bertz CT molecular complexity index is 177. The molecule has 1 aliphatic carbocycles. The highest BCUT2D eigenvalue weighted by atomic mass is 15.2. The number of hydrogen-bond acceptors (Lipinski definition) is 2. The molecule has 2 heteroatoms. The summed E-state index contributed by atoms with van der Waals surface area (Å²) in [6.07, 6.45) is 7.03. The molecular weight excluding hydrogens is 172 g/mol. The zero-order valence-electron chi connectivity index (χ0n) is 9.41. The smallest absolute Gasteiger partial charge is 0.0246 e. The number of nitrogens with two attached hydrogens (primary N) is 1. The SMILES string of the molecule is CCCC1CCN(C(CN)C2CC2)C1. The summed E-state index contributed by atoms with van der Waals surface area (Å²) < 4.78 is 0. The normalized spacial score (nSPS) is 30.9. The monoisotopic (exact) mass is 196 g/mol. The molecule has 2 aliphatic rings. The minimum atomic E-state index is 0.719. The molecular formula is C12H24N2. The van der Waals surface area contributed by atoms with Gasteiger partial charge in [0.15, 0.2) is 0 Å². The Morgan fingerprint density at radius 2 is 2.14 bits per heavy atom. The maximum atomic E-state index is 5.87. The van der Waals surface area contributed by atoms with E-state index in [1.807, 2.05) is 0 Å². The van der Waals surface area contributed by atoms with Gasteiger partial charge in [0.1, 0.15) is 0 Å². The Balaban J connectivity index is 1.80. The molecule has 2 N–H and O–H groups in total. The lowest BCUT2D eigenvalue weighted by Crippen LogP contribution is -2.40. The molecule has 1 saturated carbocycles. The van der Waals surface area contributed by atoms with E-state index in [2.05, 4.69) is 11.8 Å². The van der Waals surface area contributed by atoms with Gasteiger partial charge in [-0.05, 0) is 44.1 Å². The third-order valence-corrected chi connectivity index (χ3v) is 3.89. The quantitative estimate of drug-likeness (QED) is 0.727. The van der Waals surface area contributed by atoms with Crippen molar-refractivity contribution in [1.82, 2.24) is 4.90 Å². The highest BCUT2D eigenvalue weighted by Gasteiger charge is 2.36. The third kappa shape index (κ3) is 2.29. The van der Waals surface area contributed by atoms with E-state index in [9.17, 15) is 0 Å². The fourth-order valence-corrected chi connectivity index (χ4v) is 2.93. The van der Waals surface area contributed by atoms with E-state index in [0.29, 0.717) is 0 Å². The van der Waals surface area contributed by atoms with Gasteiger partial charge >= 0.3 is 0 Å². The van der Waals surface area contributed by atoms with Crippen LogP contribution in [0, 0.1) is 11.8 Å². The predicted octanol–water partition coefficient (Wildman–Crippen LogP) is 1.85. The van der Waals surface area contributed by atoms with Gasteiger partial charge in [-0.1, -0.05) is 13.3 Å². The summed E-state index contributed by atoms with van der Waals surface area (Å²) in [5, 5.41) is 0. The minimum Gasteiger partial charge on any atom is -0.329 e. The van der Waals surface area contributed by atoms with Crippen molar-refractivity contribution in [1.29, 1.82) is 0 Å². The molecule has 0 aromatic carbocycles. The second-order valence-corrected chi connectivity index (χ2v) is 5.08. The van der Waals surface area contributed by atoms with Crippen molar-refractivity contribution in [3.05, 3.63) is 0 Å². The van der Waals surface area contributed by atoms with Gasteiger partial charge in [-0.25, -0.2) is 0 Å². The molecule has 14 heavy (non-hydrogen) atoms. The summed E-state index contributed by atoms with van der Waals surface area (Å²) >= 11 is 0. The molecule has 82 valence electrons. The zero-order valence-corrected chi connectivity index (χ0v) is 9.41. The summed E-state index contributed by atoms with van der Waals surface area (Å²) in [4.78, 5) is 2.66. The Labute approximate surface area is 87.8 Å². The van der Waals surface area contributed by atoms with Crippen LogP contribution < -0.4 is 5.73 Å². The van der Waals surface area contributed by atoms with Crippen LogP contribution in [-0.4, -0.2) is 30.6 Å². The van der Waals surface area contributed by atoms with Gasteiger partial charge < -0.3 is 5.73 Å². The van der Waals surface area contributed by atoms with Gasteiger partial charge in [-0.3, -0.25) is 4.90 Å². The highest BCUT2D eigenvalue weighted by molar-refractivity contribution is 4.91. The molecule has 0 aromatic rings. The van der Waals surface area contributed by atoms with Crippen molar-refractivity contribution >= 4 is 0 Å². The number of likely N-dealkylation sites (tertiary alicyclic amines) is 1. The molecule has 0 radical (unpaired) electrons. The second-order valence-electron chi connectivity index (χ2n) is 5.08. The largest absolute Gasteiger partial charge is 0.329 e. The standard InChI is InChI=1S/C12H24N2/c1-2-3-10-6-7-14(9-10)12(8-13)11-4-5-11/h10-12H,2-9,13H2,1H3. The molecule has 1 saturated heterocycles. The van der Waals surface area contributed by atoms with Gasteiger partial charge in [0.05, 0.1) is 0 Å². The van der Waals surface area contributed by atoms with Gasteiger partial charge in [0, 0.05) is 19.1 Å². The first-order valence-corrected chi connectivity index (χ1v) is 6.29. The Morgan fingerprint density at radius 3 is 2.71 bits per heavy atom. The van der Waals surface area contributed by atoms with Crippen LogP contribution in [0.5, 0.6) is 0 Å². The Hall–Kier alpha value is -0.0800. The van der Waals surface area contributed by atoms with Crippen molar-refractivity contribution in [3.63, 3.8) is 0 Å². The molecule has 0 amide bonds. The van der Waals surface area contributed by atoms with Crippen LogP contribution in [0.15, 0.2) is 0 Å². The van der Waals surface area contributed by atoms with Crippen LogP contribution in [0.1, 0.15) is 39.0 Å². The van der Waals surface area contributed by atoms with Crippen molar-refractivity contribution in [2.75, 3.05) is 19.6 Å². The van der Waals surface area contributed by atoms with Crippen LogP contribution in [0.25, 0.3) is 0 Å². The van der Waals surface area contributed by atoms with E-state index >= 15 is 0 Å². The number of rotatable bonds is 5. The topological polar surface area (TPSA) is 29.3 Å². The van der Waals surface area contributed by atoms with E-state index in [0.717, 1.165) is 24.4 Å². The van der Waals surface area contributed by atoms with Crippen LogP contribution in [0.4, 0.5) is 0 Å². The molecule has 0 aromatic heterocycles. The van der Waals surface area contributed by atoms with Crippen molar-refractivity contribution < 1.29 is 0 Å². The van der Waals surface area contributed by atoms with Crippen LogP contribution in [0.3, 0.4) is 0 Å². The van der Waals surface area contributed by atoms with Crippen LogP contribution >= 0.6 is 0 Å². The molecule has 2 unspecified atom stereocenters. The maximum Gasteiger partial charge on any atom is 0.0246 e. The van der Waals surface area contributed by atoms with Gasteiger partial charge in [-0.2, -0.15) is 0 Å². The first-order valence-electron chi connectivity index (χ1n) is 6.29. The molecule has 0 bridgehead atoms. The van der Waals surface area contributed by atoms with Crippen molar-refractivity contribution in [2.45, 2.75) is 45.1 Å². The number of hydrogen-bond donors (Lipinski definition) is 1. The van der Waals surface area contributed by atoms with Gasteiger partial charge in [-0.15, -0.1) is 0 Å². The maximum absolute atomic E-state index is 5.87. The van der Waals surface area contributed by atoms with Crippen molar-refractivity contribution in [3.8, 4) is 0 Å². The second kappa shape index (κ2) is 4.63. The third-order valence-electron chi connectivity index (χ3n) is 3.89. The Morgan fingerprint density at radius 1 is 1.36 bits per heavy atom. The molecule has 2 nitrogen and oxygen atoms in total. The summed E-state index contributed by atoms with van der Waals surface area (Å²) in [6, 6.07) is 0.719. The molecule has 2 atom stereocenters. The van der Waals surface area contributed by atoms with Crippen LogP contribution in [0.2, 0.25) is 0 Å². The fraction of sp³-hybridized carbons (Fsp3) is 1.00. The first-order chi connectivity index (χ1) is 6.85. The van der Waals surface area contributed by atoms with E-state index < -0.39 is 0 Å². The summed E-state index contributed by atoms with van der Waals surface area (Å²) in [5.74, 6) is 1.91. The first kappa shape index (κ1) is 10.4. The van der Waals surface area contributed by atoms with Gasteiger partial charge in [0.2, 0.25) is 0 Å². The Kier molecular flexibility index (Phi) is 3.45. The van der Waals surface area contributed by atoms with Crippen molar-refractivity contribution in [2.24, 2.45) is 17.6 Å². The lowest BCUT2D eigenvalue weighted by molar-refractivity contribution is 0.214. The van der Waals surface area contributed by atoms with E-state index in [4.69, 9.17) is 5.73 Å². The molecule has 1 heterocycles. The summed E-state index contributed by atoms with van der Waals surface area (Å²) in [7, 11) is 0. The zero-order chi connectivity index (χ0) is 9.97. The minimum absolute atomic E-state index is 0.719. The van der Waals surface area contributed by atoms with E-state index in [1.54, 1.807) is 0 Å². The molecule has 0 spiro atoms. The molecule has 2 fully saturated rings. The molecule has 2 rings (SSSR count). The summed E-state index contributed by atoms with van der Waals surface area (Å²) in [6.45, 7) is 5.81. The highest BCUT2D eigenvalue weighted by Crippen LogP contribution is 2.37. The average Bonchev–Trinajstić information content (AvgIpc) is 2.90. The average molecular weight is 196 g/mol. The van der Waals surface area contributed by atoms with Crippen LogP contribution in [-0.2, 0) is 0 Å². The lowest BCUT2D eigenvalue weighted by atomic mass is 10.0. The van der Waals surface area contributed by atoms with E-state index in [-0.39, 0.29) is 0 Å². The predicted molar refractivity (Wildman–Crippen MR) is 60.2 cm³/mol. The van der Waals surface area contributed by atoms with E-state index in [1.165, 1.54) is 45.2 Å². The van der Waals surface area contributed by atoms with Gasteiger partial charge in [0.25, 0.3) is 0 Å². The number of nitrogens with zero attached hydrogens (tertiary/aromatic N) is 1.